The second-order valence-electron chi connectivity index (χ2n) is 4.61. The molecule has 1 unspecified atom stereocenters. The highest BCUT2D eigenvalue weighted by Crippen LogP contribution is 2.17. The van der Waals surface area contributed by atoms with E-state index in [1.165, 1.54) is 0 Å². The lowest BCUT2D eigenvalue weighted by Gasteiger charge is -2.32. The van der Waals surface area contributed by atoms with E-state index in [2.05, 4.69) is 0 Å². The van der Waals surface area contributed by atoms with E-state index in [9.17, 15) is 4.79 Å². The van der Waals surface area contributed by atoms with Gasteiger partial charge in [0.25, 0.3) is 0 Å². The molecule has 0 aliphatic carbocycles. The maximum absolute atomic E-state index is 12.1. The maximum atomic E-state index is 12.1. The van der Waals surface area contributed by atoms with Crippen LogP contribution in [0.4, 0.5) is 0 Å². The van der Waals surface area contributed by atoms with Gasteiger partial charge < -0.3 is 14.7 Å². The highest BCUT2D eigenvalue weighted by molar-refractivity contribution is 6.31. The van der Waals surface area contributed by atoms with Crippen molar-refractivity contribution in [3.8, 4) is 0 Å². The Morgan fingerprint density at radius 3 is 3.00 bits per heavy atom. The van der Waals surface area contributed by atoms with Crippen molar-refractivity contribution in [2.24, 2.45) is 0 Å². The number of morpholine rings is 1. The second kappa shape index (κ2) is 6.89. The van der Waals surface area contributed by atoms with Crippen molar-refractivity contribution in [3.63, 3.8) is 0 Å². The molecule has 1 aliphatic rings. The summed E-state index contributed by atoms with van der Waals surface area (Å²) < 4.78 is 5.32. The van der Waals surface area contributed by atoms with Crippen LogP contribution in [0.25, 0.3) is 0 Å². The van der Waals surface area contributed by atoms with Crippen LogP contribution in [0.5, 0.6) is 0 Å². The number of aryl methyl sites for hydroxylation is 1. The number of rotatable bonds is 4. The summed E-state index contributed by atoms with van der Waals surface area (Å²) in [5.74, 6) is 0.0849. The Kier molecular flexibility index (Phi) is 5.19. The average molecular weight is 284 g/mol. The molecule has 0 radical (unpaired) electrons. The number of ether oxygens (including phenoxy) is 1. The topological polar surface area (TPSA) is 49.8 Å². The van der Waals surface area contributed by atoms with E-state index in [1.807, 2.05) is 24.3 Å². The summed E-state index contributed by atoms with van der Waals surface area (Å²) in [5.41, 5.74) is 0.990. The van der Waals surface area contributed by atoms with E-state index >= 15 is 0 Å². The minimum Gasteiger partial charge on any atom is -0.394 e. The van der Waals surface area contributed by atoms with Crippen LogP contribution in [0.2, 0.25) is 5.02 Å². The van der Waals surface area contributed by atoms with Crippen LogP contribution in [0.1, 0.15) is 12.0 Å². The molecule has 2 rings (SSSR count). The Hall–Kier alpha value is -1.10. The molecule has 4 nitrogen and oxygen atoms in total. The molecule has 1 aromatic carbocycles. The number of carbonyl (C=O) groups excluding carboxylic acids is 1. The molecule has 0 bridgehead atoms. The summed E-state index contributed by atoms with van der Waals surface area (Å²) in [4.78, 5) is 13.8. The van der Waals surface area contributed by atoms with E-state index in [0.717, 1.165) is 5.56 Å². The SMILES string of the molecule is O=C(CCc1ccccc1Cl)N1CCOC(CO)C1. The number of halogens is 1. The molecule has 5 heteroatoms. The number of benzene rings is 1. The molecule has 19 heavy (non-hydrogen) atoms. The zero-order chi connectivity index (χ0) is 13.7. The Morgan fingerprint density at radius 2 is 2.26 bits per heavy atom. The maximum Gasteiger partial charge on any atom is 0.223 e. The molecule has 0 aromatic heterocycles. The molecule has 0 spiro atoms. The second-order valence-corrected chi connectivity index (χ2v) is 5.01. The molecule has 1 saturated heterocycles. The smallest absolute Gasteiger partial charge is 0.223 e. The first-order valence-corrected chi connectivity index (χ1v) is 6.82. The number of nitrogens with zero attached hydrogens (tertiary/aromatic N) is 1. The van der Waals surface area contributed by atoms with Gasteiger partial charge in [0.2, 0.25) is 5.91 Å². The first kappa shape index (κ1) is 14.3. The predicted octanol–water partition coefficient (Wildman–Crippen LogP) is 1.49. The number of hydrogen-bond acceptors (Lipinski definition) is 3. The van der Waals surface area contributed by atoms with Gasteiger partial charge in [0.15, 0.2) is 0 Å². The lowest BCUT2D eigenvalue weighted by Crippen LogP contribution is -2.46. The number of hydrogen-bond donors (Lipinski definition) is 1. The molecule has 1 aliphatic heterocycles. The summed E-state index contributed by atoms with van der Waals surface area (Å²) in [6.45, 7) is 1.51. The fourth-order valence-corrected chi connectivity index (χ4v) is 2.39. The molecular formula is C14H18ClNO3. The minimum atomic E-state index is -0.252. The van der Waals surface area contributed by atoms with Crippen LogP contribution in [0, 0.1) is 0 Å². The van der Waals surface area contributed by atoms with Crippen LogP contribution in [0.15, 0.2) is 24.3 Å². The molecular weight excluding hydrogens is 266 g/mol. The number of carbonyl (C=O) groups is 1. The first-order valence-electron chi connectivity index (χ1n) is 6.44. The molecule has 1 N–H and O–H groups in total. The van der Waals surface area contributed by atoms with Gasteiger partial charge in [0.1, 0.15) is 0 Å². The van der Waals surface area contributed by atoms with Gasteiger partial charge in [-0.15, -0.1) is 0 Å². The van der Waals surface area contributed by atoms with Gasteiger partial charge in [-0.1, -0.05) is 29.8 Å². The minimum absolute atomic E-state index is 0.0473. The van der Waals surface area contributed by atoms with Crippen LogP contribution in [0.3, 0.4) is 0 Å². The quantitative estimate of drug-likeness (QED) is 0.911. The summed E-state index contributed by atoms with van der Waals surface area (Å²) in [5, 5.41) is 9.75. The van der Waals surface area contributed by atoms with Gasteiger partial charge in [-0.2, -0.15) is 0 Å². The average Bonchev–Trinajstić information content (AvgIpc) is 2.46. The van der Waals surface area contributed by atoms with Gasteiger partial charge in [-0.05, 0) is 18.1 Å². The van der Waals surface area contributed by atoms with Crippen molar-refractivity contribution in [3.05, 3.63) is 34.9 Å². The number of aliphatic hydroxyl groups excluding tert-OH is 1. The number of aliphatic hydroxyl groups is 1. The van der Waals surface area contributed by atoms with Crippen LogP contribution in [-0.4, -0.2) is 48.3 Å². The normalized spacial score (nSPS) is 19.5. The van der Waals surface area contributed by atoms with Gasteiger partial charge in [0.05, 0.1) is 19.3 Å². The molecule has 1 heterocycles. The van der Waals surface area contributed by atoms with Gasteiger partial charge in [-0.3, -0.25) is 4.79 Å². The van der Waals surface area contributed by atoms with E-state index in [-0.39, 0.29) is 18.6 Å². The van der Waals surface area contributed by atoms with Gasteiger partial charge in [0, 0.05) is 24.5 Å². The van der Waals surface area contributed by atoms with E-state index in [0.29, 0.717) is 37.6 Å². The Balaban J connectivity index is 1.86. The molecule has 1 atom stereocenters. The summed E-state index contributed by atoms with van der Waals surface area (Å²) in [6.07, 6.45) is 0.819. The monoisotopic (exact) mass is 283 g/mol. The highest BCUT2D eigenvalue weighted by Gasteiger charge is 2.23. The van der Waals surface area contributed by atoms with Crippen molar-refractivity contribution in [1.82, 2.24) is 4.90 Å². The largest absolute Gasteiger partial charge is 0.394 e. The third-order valence-corrected chi connectivity index (χ3v) is 3.63. The number of amides is 1. The fraction of sp³-hybridized carbons (Fsp3) is 0.500. The lowest BCUT2D eigenvalue weighted by molar-refractivity contribution is -0.140. The van der Waals surface area contributed by atoms with Crippen LogP contribution in [-0.2, 0) is 16.0 Å². The van der Waals surface area contributed by atoms with Gasteiger partial charge >= 0.3 is 0 Å². The Labute approximate surface area is 117 Å². The van der Waals surface area contributed by atoms with E-state index in [4.69, 9.17) is 21.4 Å². The third-order valence-electron chi connectivity index (χ3n) is 3.26. The standard InChI is InChI=1S/C14H18ClNO3/c15-13-4-2-1-3-11(13)5-6-14(18)16-7-8-19-12(9-16)10-17/h1-4,12,17H,5-10H2. The third kappa shape index (κ3) is 3.93. The predicted molar refractivity (Wildman–Crippen MR) is 73.2 cm³/mol. The van der Waals surface area contributed by atoms with Crippen molar-refractivity contribution >= 4 is 17.5 Å². The lowest BCUT2D eigenvalue weighted by atomic mass is 10.1. The molecule has 1 fully saturated rings. The Bertz CT molecular complexity index is 438. The van der Waals surface area contributed by atoms with E-state index < -0.39 is 0 Å². The Morgan fingerprint density at radius 1 is 1.47 bits per heavy atom. The van der Waals surface area contributed by atoms with Crippen LogP contribution >= 0.6 is 11.6 Å². The summed E-state index contributed by atoms with van der Waals surface area (Å²) in [7, 11) is 0. The van der Waals surface area contributed by atoms with Crippen molar-refractivity contribution in [1.29, 1.82) is 0 Å². The summed E-state index contributed by atoms with van der Waals surface area (Å²) in [6, 6.07) is 7.56. The van der Waals surface area contributed by atoms with Crippen molar-refractivity contribution in [2.75, 3.05) is 26.3 Å². The summed E-state index contributed by atoms with van der Waals surface area (Å²) >= 11 is 6.06. The van der Waals surface area contributed by atoms with Crippen LogP contribution < -0.4 is 0 Å². The molecule has 1 aromatic rings. The van der Waals surface area contributed by atoms with E-state index in [1.54, 1.807) is 4.90 Å². The molecule has 1 amide bonds. The van der Waals surface area contributed by atoms with Gasteiger partial charge in [-0.25, -0.2) is 0 Å². The molecule has 0 saturated carbocycles. The van der Waals surface area contributed by atoms with Crippen molar-refractivity contribution < 1.29 is 14.6 Å². The highest BCUT2D eigenvalue weighted by atomic mass is 35.5. The fourth-order valence-electron chi connectivity index (χ4n) is 2.16. The molecule has 104 valence electrons. The first-order chi connectivity index (χ1) is 9.20. The zero-order valence-electron chi connectivity index (χ0n) is 10.7. The van der Waals surface area contributed by atoms with Crippen molar-refractivity contribution in [2.45, 2.75) is 18.9 Å². The zero-order valence-corrected chi connectivity index (χ0v) is 11.5.